The first-order chi connectivity index (χ1) is 4.81. The van der Waals surface area contributed by atoms with Crippen molar-refractivity contribution in [3.8, 4) is 0 Å². The van der Waals surface area contributed by atoms with Gasteiger partial charge in [0.1, 0.15) is 6.61 Å². The molecule has 0 amide bonds. The minimum absolute atomic E-state index is 0.367. The van der Waals surface area contributed by atoms with E-state index in [9.17, 15) is 4.57 Å². The van der Waals surface area contributed by atoms with E-state index in [0.717, 1.165) is 6.42 Å². The smallest absolute Gasteiger partial charge is 0.142 e. The van der Waals surface area contributed by atoms with Crippen LogP contribution in [-0.2, 0) is 9.09 Å². The molecule has 0 saturated carbocycles. The molecule has 56 valence electrons. The Hall–Kier alpha value is -0.460. The third kappa shape index (κ3) is 5.67. The van der Waals surface area contributed by atoms with Crippen molar-refractivity contribution in [2.45, 2.75) is 6.42 Å². The van der Waals surface area contributed by atoms with Crippen LogP contribution in [0.5, 0.6) is 0 Å². The lowest BCUT2D eigenvalue weighted by Crippen LogP contribution is -1.82. The summed E-state index contributed by atoms with van der Waals surface area (Å²) in [6.45, 7) is 7.32. The molecule has 0 rings (SSSR count). The molecular formula is C7H12O2P+. The van der Waals surface area contributed by atoms with Gasteiger partial charge in [0.15, 0.2) is 6.16 Å². The minimum Gasteiger partial charge on any atom is -0.142 e. The largest absolute Gasteiger partial charge is 0.508 e. The maximum atomic E-state index is 10.8. The molecule has 10 heavy (non-hydrogen) atoms. The Kier molecular flexibility index (Phi) is 6.35. The van der Waals surface area contributed by atoms with Crippen LogP contribution in [0.15, 0.2) is 25.3 Å². The second-order valence-electron chi connectivity index (χ2n) is 1.72. The fourth-order valence-corrected chi connectivity index (χ4v) is 1.19. The second-order valence-corrected chi connectivity index (χ2v) is 3.09. The van der Waals surface area contributed by atoms with Gasteiger partial charge in [0.25, 0.3) is 0 Å². The van der Waals surface area contributed by atoms with Crippen molar-refractivity contribution in [1.29, 1.82) is 0 Å². The second kappa shape index (κ2) is 6.66. The van der Waals surface area contributed by atoms with Crippen LogP contribution in [-0.4, -0.2) is 12.8 Å². The SMILES string of the molecule is C=CCC[P+](=O)OCC=C. The predicted molar refractivity (Wildman–Crippen MR) is 43.4 cm³/mol. The van der Waals surface area contributed by atoms with E-state index in [-0.39, 0.29) is 0 Å². The van der Waals surface area contributed by atoms with Crippen LogP contribution in [0.1, 0.15) is 6.42 Å². The first-order valence-corrected chi connectivity index (χ1v) is 4.47. The molecule has 0 aliphatic carbocycles. The van der Waals surface area contributed by atoms with Crippen LogP contribution in [0.25, 0.3) is 0 Å². The van der Waals surface area contributed by atoms with Gasteiger partial charge in [0, 0.05) is 6.42 Å². The van der Waals surface area contributed by atoms with Crippen LogP contribution in [0.2, 0.25) is 0 Å². The van der Waals surface area contributed by atoms with E-state index in [2.05, 4.69) is 13.2 Å². The fourth-order valence-electron chi connectivity index (χ4n) is 0.397. The van der Waals surface area contributed by atoms with E-state index >= 15 is 0 Å². The molecule has 1 unspecified atom stereocenters. The Morgan fingerprint density at radius 2 is 2.10 bits per heavy atom. The zero-order valence-electron chi connectivity index (χ0n) is 5.95. The van der Waals surface area contributed by atoms with Gasteiger partial charge >= 0.3 is 8.03 Å². The number of hydrogen-bond acceptors (Lipinski definition) is 2. The van der Waals surface area contributed by atoms with Gasteiger partial charge in [-0.15, -0.1) is 17.7 Å². The van der Waals surface area contributed by atoms with Gasteiger partial charge < -0.3 is 0 Å². The molecule has 0 spiro atoms. The molecule has 0 fully saturated rings. The molecule has 0 aromatic heterocycles. The first kappa shape index (κ1) is 9.54. The van der Waals surface area contributed by atoms with Gasteiger partial charge in [-0.25, -0.2) is 0 Å². The Balaban J connectivity index is 3.24. The summed E-state index contributed by atoms with van der Waals surface area (Å²) in [4.78, 5) is 0. The topological polar surface area (TPSA) is 26.3 Å². The molecule has 0 saturated heterocycles. The highest BCUT2D eigenvalue weighted by Crippen LogP contribution is 2.22. The molecule has 0 aromatic carbocycles. The Labute approximate surface area is 62.5 Å². The summed E-state index contributed by atoms with van der Waals surface area (Å²) in [7, 11) is -1.48. The van der Waals surface area contributed by atoms with Crippen molar-refractivity contribution in [1.82, 2.24) is 0 Å². The molecule has 3 heteroatoms. The van der Waals surface area contributed by atoms with Crippen molar-refractivity contribution >= 4 is 8.03 Å². The molecule has 0 bridgehead atoms. The van der Waals surface area contributed by atoms with Gasteiger partial charge in [0.2, 0.25) is 0 Å². The van der Waals surface area contributed by atoms with E-state index in [1.807, 2.05) is 0 Å². The third-order valence-corrected chi connectivity index (χ3v) is 1.91. The molecule has 2 nitrogen and oxygen atoms in total. The molecule has 0 aliphatic heterocycles. The molecule has 0 heterocycles. The summed E-state index contributed by atoms with van der Waals surface area (Å²) in [6, 6.07) is 0. The van der Waals surface area contributed by atoms with E-state index in [0.29, 0.717) is 12.8 Å². The highest BCUT2D eigenvalue weighted by molar-refractivity contribution is 7.39. The monoisotopic (exact) mass is 159 g/mol. The first-order valence-electron chi connectivity index (χ1n) is 3.10. The van der Waals surface area contributed by atoms with Crippen LogP contribution < -0.4 is 0 Å². The van der Waals surface area contributed by atoms with E-state index in [4.69, 9.17) is 4.52 Å². The maximum absolute atomic E-state index is 10.8. The van der Waals surface area contributed by atoms with Crippen molar-refractivity contribution < 1.29 is 9.09 Å². The highest BCUT2D eigenvalue weighted by atomic mass is 31.1. The zero-order chi connectivity index (χ0) is 7.82. The number of allylic oxidation sites excluding steroid dienone is 1. The lowest BCUT2D eigenvalue weighted by molar-refractivity contribution is 0.371. The van der Waals surface area contributed by atoms with Crippen LogP contribution in [0.3, 0.4) is 0 Å². The quantitative estimate of drug-likeness (QED) is 0.439. The summed E-state index contributed by atoms with van der Waals surface area (Å²) in [5.41, 5.74) is 0. The highest BCUT2D eigenvalue weighted by Gasteiger charge is 2.13. The van der Waals surface area contributed by atoms with Crippen molar-refractivity contribution in [3.63, 3.8) is 0 Å². The summed E-state index contributed by atoms with van der Waals surface area (Å²) in [6.07, 6.45) is 4.62. The van der Waals surface area contributed by atoms with Gasteiger partial charge in [-0.05, 0) is 4.57 Å². The predicted octanol–water partition coefficient (Wildman–Crippen LogP) is 2.51. The van der Waals surface area contributed by atoms with Crippen LogP contribution in [0, 0.1) is 0 Å². The van der Waals surface area contributed by atoms with E-state index in [1.165, 1.54) is 0 Å². The molecule has 0 N–H and O–H groups in total. The summed E-state index contributed by atoms with van der Waals surface area (Å²) in [5.74, 6) is 0. The Morgan fingerprint density at radius 3 is 2.60 bits per heavy atom. The standard InChI is InChI=1S/C7H12O2P/c1-3-5-7-10(8)9-6-4-2/h3-4H,1-2,5-7H2/q+1. The Morgan fingerprint density at radius 1 is 1.40 bits per heavy atom. The van der Waals surface area contributed by atoms with Crippen LogP contribution >= 0.6 is 8.03 Å². The lowest BCUT2D eigenvalue weighted by Gasteiger charge is -1.81. The van der Waals surface area contributed by atoms with Crippen molar-refractivity contribution in [2.24, 2.45) is 0 Å². The van der Waals surface area contributed by atoms with Gasteiger partial charge in [-0.1, -0.05) is 12.2 Å². The average Bonchev–Trinajstić information content (AvgIpc) is 1.97. The summed E-state index contributed by atoms with van der Waals surface area (Å²) < 4.78 is 15.6. The zero-order valence-corrected chi connectivity index (χ0v) is 6.85. The molecule has 0 aliphatic rings. The Bertz CT molecular complexity index is 118. The molecule has 0 aromatic rings. The van der Waals surface area contributed by atoms with Gasteiger partial charge in [-0.3, -0.25) is 0 Å². The third-order valence-electron chi connectivity index (χ3n) is 0.852. The minimum atomic E-state index is -1.48. The van der Waals surface area contributed by atoms with Gasteiger partial charge in [0.05, 0.1) is 0 Å². The van der Waals surface area contributed by atoms with E-state index in [1.54, 1.807) is 12.2 Å². The van der Waals surface area contributed by atoms with E-state index < -0.39 is 8.03 Å². The normalized spacial score (nSPS) is 10.6. The molecular weight excluding hydrogens is 147 g/mol. The molecule has 0 radical (unpaired) electrons. The molecule has 1 atom stereocenters. The van der Waals surface area contributed by atoms with Crippen molar-refractivity contribution in [2.75, 3.05) is 12.8 Å². The average molecular weight is 159 g/mol. The lowest BCUT2D eigenvalue weighted by atomic mass is 10.5. The number of hydrogen-bond donors (Lipinski definition) is 0. The van der Waals surface area contributed by atoms with Crippen molar-refractivity contribution in [3.05, 3.63) is 25.3 Å². The van der Waals surface area contributed by atoms with Gasteiger partial charge in [-0.2, -0.15) is 0 Å². The number of rotatable bonds is 6. The maximum Gasteiger partial charge on any atom is 0.508 e. The fraction of sp³-hybridized carbons (Fsp3) is 0.429. The summed E-state index contributed by atoms with van der Waals surface area (Å²) in [5, 5.41) is 0. The summed E-state index contributed by atoms with van der Waals surface area (Å²) >= 11 is 0. The van der Waals surface area contributed by atoms with Crippen LogP contribution in [0.4, 0.5) is 0 Å².